The predicted molar refractivity (Wildman–Crippen MR) is 89.5 cm³/mol. The second-order valence-corrected chi connectivity index (χ2v) is 5.89. The average Bonchev–Trinajstić information content (AvgIpc) is 2.57. The van der Waals surface area contributed by atoms with Crippen LogP contribution >= 0.6 is 0 Å². The van der Waals surface area contributed by atoms with E-state index in [2.05, 4.69) is 34.5 Å². The number of benzene rings is 2. The summed E-state index contributed by atoms with van der Waals surface area (Å²) in [5.41, 5.74) is 2.23. The van der Waals surface area contributed by atoms with E-state index in [0.717, 1.165) is 38.2 Å². The van der Waals surface area contributed by atoms with Crippen LogP contribution in [0.2, 0.25) is 0 Å². The van der Waals surface area contributed by atoms with Crippen molar-refractivity contribution in [1.82, 2.24) is 4.90 Å². The van der Waals surface area contributed by atoms with E-state index in [0.29, 0.717) is 0 Å². The molecule has 1 amide bonds. The fourth-order valence-corrected chi connectivity index (χ4v) is 2.96. The summed E-state index contributed by atoms with van der Waals surface area (Å²) in [7, 11) is 0. The molecule has 0 radical (unpaired) electrons. The molecule has 3 nitrogen and oxygen atoms in total. The molecule has 22 heavy (non-hydrogen) atoms. The van der Waals surface area contributed by atoms with Gasteiger partial charge in [-0.2, -0.15) is 0 Å². The minimum Gasteiger partial charge on any atom is -0.326 e. The number of nitrogens with zero attached hydrogens (tertiary/aromatic N) is 1. The summed E-state index contributed by atoms with van der Waals surface area (Å²) in [4.78, 5) is 14.7. The third-order valence-electron chi connectivity index (χ3n) is 4.25. The Balaban J connectivity index is 1.48. The standard InChI is InChI=1S/C19H22N2O/c22-19(20-18-9-5-2-6-10-18)17-11-13-21(14-12-17)15-16-7-3-1-4-8-16/h1-10,17H,11-15H2,(H,20,22). The van der Waals surface area contributed by atoms with Crippen molar-refractivity contribution in [2.75, 3.05) is 18.4 Å². The number of para-hydroxylation sites is 1. The van der Waals surface area contributed by atoms with Gasteiger partial charge < -0.3 is 5.32 Å². The summed E-state index contributed by atoms with van der Waals surface area (Å²) >= 11 is 0. The number of carbonyl (C=O) groups is 1. The fourth-order valence-electron chi connectivity index (χ4n) is 2.96. The maximum Gasteiger partial charge on any atom is 0.227 e. The second kappa shape index (κ2) is 7.23. The molecule has 1 saturated heterocycles. The number of nitrogens with one attached hydrogen (secondary N) is 1. The molecule has 0 spiro atoms. The Morgan fingerprint density at radius 1 is 0.955 bits per heavy atom. The first-order chi connectivity index (χ1) is 10.8. The normalized spacial score (nSPS) is 16.4. The Morgan fingerprint density at radius 3 is 2.18 bits per heavy atom. The maximum absolute atomic E-state index is 12.3. The van der Waals surface area contributed by atoms with E-state index in [1.807, 2.05) is 36.4 Å². The molecule has 0 unspecified atom stereocenters. The summed E-state index contributed by atoms with van der Waals surface area (Å²) in [6, 6.07) is 20.2. The summed E-state index contributed by atoms with van der Waals surface area (Å²) < 4.78 is 0. The molecular formula is C19H22N2O. The van der Waals surface area contributed by atoms with Crippen molar-refractivity contribution < 1.29 is 4.79 Å². The van der Waals surface area contributed by atoms with Crippen LogP contribution in [-0.4, -0.2) is 23.9 Å². The lowest BCUT2D eigenvalue weighted by molar-refractivity contribution is -0.121. The van der Waals surface area contributed by atoms with Gasteiger partial charge in [0.25, 0.3) is 0 Å². The van der Waals surface area contributed by atoms with E-state index in [1.54, 1.807) is 0 Å². The molecule has 0 saturated carbocycles. The van der Waals surface area contributed by atoms with Crippen LogP contribution in [0, 0.1) is 5.92 Å². The monoisotopic (exact) mass is 294 g/mol. The summed E-state index contributed by atoms with van der Waals surface area (Å²) in [6.45, 7) is 2.96. The molecule has 1 aliphatic heterocycles. The van der Waals surface area contributed by atoms with Gasteiger partial charge in [-0.25, -0.2) is 0 Å². The highest BCUT2D eigenvalue weighted by molar-refractivity contribution is 5.92. The third kappa shape index (κ3) is 3.95. The Labute approximate surface area is 132 Å². The van der Waals surface area contributed by atoms with Crippen LogP contribution in [0.4, 0.5) is 5.69 Å². The lowest BCUT2D eigenvalue weighted by atomic mass is 9.95. The molecule has 3 heteroatoms. The molecule has 0 atom stereocenters. The van der Waals surface area contributed by atoms with Crippen LogP contribution in [-0.2, 0) is 11.3 Å². The number of anilines is 1. The predicted octanol–water partition coefficient (Wildman–Crippen LogP) is 3.54. The largest absolute Gasteiger partial charge is 0.326 e. The first kappa shape index (κ1) is 14.8. The lowest BCUT2D eigenvalue weighted by Crippen LogP contribution is -2.37. The molecule has 0 aliphatic carbocycles. The number of hydrogen-bond acceptors (Lipinski definition) is 2. The summed E-state index contributed by atoms with van der Waals surface area (Å²) in [5.74, 6) is 0.290. The Morgan fingerprint density at radius 2 is 1.55 bits per heavy atom. The van der Waals surface area contributed by atoms with E-state index in [1.165, 1.54) is 5.56 Å². The van der Waals surface area contributed by atoms with Gasteiger partial charge in [-0.15, -0.1) is 0 Å². The molecule has 1 N–H and O–H groups in total. The van der Waals surface area contributed by atoms with E-state index in [-0.39, 0.29) is 11.8 Å². The van der Waals surface area contributed by atoms with Crippen molar-refractivity contribution in [2.45, 2.75) is 19.4 Å². The van der Waals surface area contributed by atoms with Gasteiger partial charge in [0, 0.05) is 18.2 Å². The number of piperidine rings is 1. The van der Waals surface area contributed by atoms with Crippen molar-refractivity contribution in [3.63, 3.8) is 0 Å². The molecule has 114 valence electrons. The SMILES string of the molecule is O=C(Nc1ccccc1)C1CCN(Cc2ccccc2)CC1. The van der Waals surface area contributed by atoms with Gasteiger partial charge in [0.2, 0.25) is 5.91 Å². The van der Waals surface area contributed by atoms with Crippen LogP contribution in [0.3, 0.4) is 0 Å². The van der Waals surface area contributed by atoms with Crippen LogP contribution in [0.1, 0.15) is 18.4 Å². The van der Waals surface area contributed by atoms with Crippen LogP contribution in [0.15, 0.2) is 60.7 Å². The highest BCUT2D eigenvalue weighted by atomic mass is 16.1. The molecule has 2 aromatic carbocycles. The first-order valence-corrected chi connectivity index (χ1v) is 7.93. The van der Waals surface area contributed by atoms with Crippen molar-refractivity contribution >= 4 is 11.6 Å². The number of rotatable bonds is 4. The van der Waals surface area contributed by atoms with Crippen molar-refractivity contribution in [1.29, 1.82) is 0 Å². The Kier molecular flexibility index (Phi) is 4.86. The Hall–Kier alpha value is -2.13. The number of likely N-dealkylation sites (tertiary alicyclic amines) is 1. The third-order valence-corrected chi connectivity index (χ3v) is 4.25. The van der Waals surface area contributed by atoms with Gasteiger partial charge in [-0.3, -0.25) is 9.69 Å². The fraction of sp³-hybridized carbons (Fsp3) is 0.316. The molecule has 3 rings (SSSR count). The first-order valence-electron chi connectivity index (χ1n) is 7.93. The van der Waals surface area contributed by atoms with E-state index < -0.39 is 0 Å². The summed E-state index contributed by atoms with van der Waals surface area (Å²) in [6.07, 6.45) is 1.87. The van der Waals surface area contributed by atoms with Crippen LogP contribution in [0.5, 0.6) is 0 Å². The van der Waals surface area contributed by atoms with Gasteiger partial charge in [0.15, 0.2) is 0 Å². The van der Waals surface area contributed by atoms with E-state index in [9.17, 15) is 4.79 Å². The van der Waals surface area contributed by atoms with Gasteiger partial charge >= 0.3 is 0 Å². The van der Waals surface area contributed by atoms with E-state index in [4.69, 9.17) is 0 Å². The van der Waals surface area contributed by atoms with Gasteiger partial charge in [0.1, 0.15) is 0 Å². The minimum atomic E-state index is 0.132. The lowest BCUT2D eigenvalue weighted by Gasteiger charge is -2.31. The topological polar surface area (TPSA) is 32.3 Å². The van der Waals surface area contributed by atoms with Crippen LogP contribution in [0.25, 0.3) is 0 Å². The average molecular weight is 294 g/mol. The summed E-state index contributed by atoms with van der Waals surface area (Å²) in [5, 5.41) is 3.02. The molecular weight excluding hydrogens is 272 g/mol. The van der Waals surface area contributed by atoms with Gasteiger partial charge in [-0.05, 0) is 43.6 Å². The number of amides is 1. The van der Waals surface area contributed by atoms with Crippen molar-refractivity contribution in [3.8, 4) is 0 Å². The Bertz CT molecular complexity index is 589. The molecule has 0 aromatic heterocycles. The zero-order chi connectivity index (χ0) is 15.2. The highest BCUT2D eigenvalue weighted by Gasteiger charge is 2.24. The molecule has 1 fully saturated rings. The highest BCUT2D eigenvalue weighted by Crippen LogP contribution is 2.20. The van der Waals surface area contributed by atoms with Crippen molar-refractivity contribution in [3.05, 3.63) is 66.2 Å². The molecule has 2 aromatic rings. The smallest absolute Gasteiger partial charge is 0.227 e. The zero-order valence-electron chi connectivity index (χ0n) is 12.7. The van der Waals surface area contributed by atoms with Gasteiger partial charge in [-0.1, -0.05) is 48.5 Å². The van der Waals surface area contributed by atoms with Crippen molar-refractivity contribution in [2.24, 2.45) is 5.92 Å². The maximum atomic E-state index is 12.3. The van der Waals surface area contributed by atoms with Gasteiger partial charge in [0.05, 0.1) is 0 Å². The van der Waals surface area contributed by atoms with E-state index >= 15 is 0 Å². The van der Waals surface area contributed by atoms with Crippen LogP contribution < -0.4 is 5.32 Å². The zero-order valence-corrected chi connectivity index (χ0v) is 12.7. The quantitative estimate of drug-likeness (QED) is 0.935. The molecule has 1 heterocycles. The molecule has 0 bridgehead atoms. The number of hydrogen-bond donors (Lipinski definition) is 1. The minimum absolute atomic E-state index is 0.132. The second-order valence-electron chi connectivity index (χ2n) is 5.89. The molecule has 1 aliphatic rings. The number of carbonyl (C=O) groups excluding carboxylic acids is 1.